The first-order chi connectivity index (χ1) is 12.7. The van der Waals surface area contributed by atoms with Gasteiger partial charge in [-0.15, -0.1) is 10.2 Å². The molecule has 144 valence electrons. The van der Waals surface area contributed by atoms with Crippen LogP contribution in [0.4, 0.5) is 22.0 Å². The number of nitrogens with zero attached hydrogens (tertiary/aromatic N) is 4. The van der Waals surface area contributed by atoms with E-state index < -0.39 is 18.6 Å². The minimum Gasteiger partial charge on any atom is -0.435 e. The smallest absolute Gasteiger partial charge is 0.435 e. The van der Waals surface area contributed by atoms with Crippen LogP contribution in [0.15, 0.2) is 29.3 Å². The van der Waals surface area contributed by atoms with Crippen molar-refractivity contribution in [1.82, 2.24) is 19.8 Å². The van der Waals surface area contributed by atoms with Gasteiger partial charge >= 0.3 is 12.8 Å². The van der Waals surface area contributed by atoms with Crippen LogP contribution >= 0.6 is 11.8 Å². The second-order valence-corrected chi connectivity index (χ2v) is 6.59. The fourth-order valence-electron chi connectivity index (χ4n) is 2.38. The van der Waals surface area contributed by atoms with Crippen LogP contribution in [0.2, 0.25) is 0 Å². The van der Waals surface area contributed by atoms with Crippen molar-refractivity contribution in [2.75, 3.05) is 0 Å². The molecule has 0 spiro atoms. The van der Waals surface area contributed by atoms with Gasteiger partial charge in [-0.2, -0.15) is 31.6 Å². The highest BCUT2D eigenvalue weighted by Crippen LogP contribution is 2.32. The quantitative estimate of drug-likeness (QED) is 0.458. The van der Waals surface area contributed by atoms with Crippen molar-refractivity contribution < 1.29 is 26.7 Å². The minimum absolute atomic E-state index is 0.0116. The van der Waals surface area contributed by atoms with Gasteiger partial charge in [-0.1, -0.05) is 23.9 Å². The van der Waals surface area contributed by atoms with Gasteiger partial charge in [0.2, 0.25) is 0 Å². The number of benzene rings is 1. The lowest BCUT2D eigenvalue weighted by Crippen LogP contribution is -2.13. The number of aromatic nitrogens is 4. The lowest BCUT2D eigenvalue weighted by Gasteiger charge is -2.11. The molecule has 0 unspecified atom stereocenters. The first kappa shape index (κ1) is 19.3. The van der Waals surface area contributed by atoms with Gasteiger partial charge in [-0.05, 0) is 37.1 Å². The van der Waals surface area contributed by atoms with E-state index in [9.17, 15) is 22.0 Å². The normalized spacial score (nSPS) is 12.1. The summed E-state index contributed by atoms with van der Waals surface area (Å²) in [4.78, 5) is 0. The van der Waals surface area contributed by atoms with Crippen molar-refractivity contribution in [2.45, 2.75) is 37.4 Å². The maximum absolute atomic E-state index is 13.1. The molecule has 0 aliphatic rings. The second-order valence-electron chi connectivity index (χ2n) is 5.63. The summed E-state index contributed by atoms with van der Waals surface area (Å²) in [6, 6.07) is 6.10. The van der Waals surface area contributed by atoms with E-state index >= 15 is 0 Å². The van der Waals surface area contributed by atoms with E-state index in [0.29, 0.717) is 32.0 Å². The molecule has 0 saturated carbocycles. The van der Waals surface area contributed by atoms with Crippen LogP contribution in [0.3, 0.4) is 0 Å². The molecule has 3 rings (SSSR count). The summed E-state index contributed by atoms with van der Waals surface area (Å²) < 4.78 is 68.9. The van der Waals surface area contributed by atoms with Crippen LogP contribution in [0.25, 0.3) is 5.65 Å². The fourth-order valence-corrected chi connectivity index (χ4v) is 3.37. The first-order valence-electron chi connectivity index (χ1n) is 7.63. The number of halogens is 5. The molecule has 2 aromatic heterocycles. The topological polar surface area (TPSA) is 52.3 Å². The van der Waals surface area contributed by atoms with Crippen molar-refractivity contribution in [3.63, 3.8) is 0 Å². The Bertz CT molecular complexity index is 973. The van der Waals surface area contributed by atoms with Crippen LogP contribution in [0.5, 0.6) is 5.75 Å². The summed E-state index contributed by atoms with van der Waals surface area (Å²) in [5, 5.41) is 11.2. The maximum Gasteiger partial charge on any atom is 0.453 e. The maximum atomic E-state index is 13.1. The largest absolute Gasteiger partial charge is 0.453 e. The third-order valence-corrected chi connectivity index (χ3v) is 4.94. The van der Waals surface area contributed by atoms with E-state index in [1.807, 2.05) is 0 Å². The Labute approximate surface area is 154 Å². The van der Waals surface area contributed by atoms with Gasteiger partial charge < -0.3 is 4.74 Å². The molecule has 0 aliphatic carbocycles. The molecule has 0 amide bonds. The zero-order valence-corrected chi connectivity index (χ0v) is 14.9. The molecule has 3 aromatic rings. The summed E-state index contributed by atoms with van der Waals surface area (Å²) in [6.07, 6.45) is -4.68. The van der Waals surface area contributed by atoms with Crippen LogP contribution in [0.1, 0.15) is 22.5 Å². The van der Waals surface area contributed by atoms with E-state index in [0.717, 1.165) is 0 Å². The molecule has 11 heteroatoms. The molecular formula is C16H13F5N4OS. The van der Waals surface area contributed by atoms with E-state index in [-0.39, 0.29) is 11.4 Å². The van der Waals surface area contributed by atoms with Crippen molar-refractivity contribution >= 4 is 17.4 Å². The van der Waals surface area contributed by atoms with E-state index in [1.165, 1.54) is 23.9 Å². The molecule has 2 heterocycles. The number of ether oxygens (including phenoxy) is 1. The monoisotopic (exact) mass is 404 g/mol. The van der Waals surface area contributed by atoms with E-state index in [4.69, 9.17) is 0 Å². The minimum atomic E-state index is -4.68. The zero-order valence-electron chi connectivity index (χ0n) is 14.1. The second kappa shape index (κ2) is 7.29. The molecule has 1 aromatic carbocycles. The Morgan fingerprint density at radius 1 is 1.15 bits per heavy atom. The number of alkyl halides is 5. The number of rotatable bonds is 5. The van der Waals surface area contributed by atoms with Crippen LogP contribution in [0, 0.1) is 13.8 Å². The molecule has 0 N–H and O–H groups in total. The fraction of sp³-hybridized carbons (Fsp3) is 0.312. The first-order valence-corrected chi connectivity index (χ1v) is 8.61. The van der Waals surface area contributed by atoms with Gasteiger partial charge in [0, 0.05) is 11.3 Å². The zero-order chi connectivity index (χ0) is 19.8. The lowest BCUT2D eigenvalue weighted by molar-refractivity contribution is -0.146. The van der Waals surface area contributed by atoms with Crippen LogP contribution in [-0.2, 0) is 11.9 Å². The Hall–Kier alpha value is -2.43. The molecule has 27 heavy (non-hydrogen) atoms. The van der Waals surface area contributed by atoms with E-state index in [2.05, 4.69) is 20.0 Å². The predicted molar refractivity (Wildman–Crippen MR) is 87.9 cm³/mol. The molecule has 0 fully saturated rings. The summed E-state index contributed by atoms with van der Waals surface area (Å²) in [6.45, 7) is 0.432. The number of aryl methyl sites for hydroxylation is 1. The molecule has 0 bridgehead atoms. The van der Waals surface area contributed by atoms with Crippen LogP contribution < -0.4 is 4.74 Å². The summed E-state index contributed by atoms with van der Waals surface area (Å²) >= 11 is 1.18. The predicted octanol–water partition coefficient (Wildman–Crippen LogP) is 4.65. The number of thioether (sulfide) groups is 1. The van der Waals surface area contributed by atoms with Gasteiger partial charge in [0.25, 0.3) is 5.82 Å². The number of fused-ring (bicyclic) bond motifs is 1. The molecule has 0 radical (unpaired) electrons. The van der Waals surface area contributed by atoms with Crippen molar-refractivity contribution in [2.24, 2.45) is 0 Å². The standard InChI is InChI=1S/C16H13F5N4OS/c1-8-9(2)13(24-25-12(8)22-23-14(25)16(19,20)21)27-7-10-4-3-5-11(6-10)26-15(17)18/h3-6,15H,7H2,1-2H3. The highest BCUT2D eigenvalue weighted by atomic mass is 32.2. The Kier molecular flexibility index (Phi) is 5.22. The molecule has 5 nitrogen and oxygen atoms in total. The van der Waals surface area contributed by atoms with Gasteiger partial charge in [0.15, 0.2) is 5.65 Å². The van der Waals surface area contributed by atoms with Gasteiger partial charge in [0.05, 0.1) is 0 Å². The highest BCUT2D eigenvalue weighted by Gasteiger charge is 2.38. The molecule has 0 atom stereocenters. The molecular weight excluding hydrogens is 391 g/mol. The Morgan fingerprint density at radius 3 is 2.56 bits per heavy atom. The molecule has 0 saturated heterocycles. The number of hydrogen-bond acceptors (Lipinski definition) is 5. The summed E-state index contributed by atoms with van der Waals surface area (Å²) in [7, 11) is 0. The number of hydrogen-bond donors (Lipinski definition) is 0. The van der Waals surface area contributed by atoms with Gasteiger partial charge in [-0.25, -0.2) is 0 Å². The molecule has 0 aliphatic heterocycles. The van der Waals surface area contributed by atoms with Crippen molar-refractivity contribution in [3.8, 4) is 5.75 Å². The Morgan fingerprint density at radius 2 is 1.89 bits per heavy atom. The Balaban J connectivity index is 1.90. The lowest BCUT2D eigenvalue weighted by atomic mass is 10.2. The SMILES string of the molecule is Cc1c(SCc2cccc(OC(F)F)c2)nn2c(C(F)(F)F)nnc2c1C. The van der Waals surface area contributed by atoms with Crippen molar-refractivity contribution in [3.05, 3.63) is 46.8 Å². The van der Waals surface area contributed by atoms with Gasteiger partial charge in [0.1, 0.15) is 10.8 Å². The van der Waals surface area contributed by atoms with E-state index in [1.54, 1.807) is 26.0 Å². The third-order valence-electron chi connectivity index (χ3n) is 3.80. The van der Waals surface area contributed by atoms with Gasteiger partial charge in [-0.3, -0.25) is 0 Å². The highest BCUT2D eigenvalue weighted by molar-refractivity contribution is 7.98. The summed E-state index contributed by atoms with van der Waals surface area (Å²) in [5.74, 6) is -0.879. The summed E-state index contributed by atoms with van der Waals surface area (Å²) in [5.41, 5.74) is 1.91. The third kappa shape index (κ3) is 4.12. The van der Waals surface area contributed by atoms with Crippen molar-refractivity contribution in [1.29, 1.82) is 0 Å². The average Bonchev–Trinajstić information content (AvgIpc) is 3.01. The average molecular weight is 404 g/mol. The van der Waals surface area contributed by atoms with Crippen LogP contribution in [-0.4, -0.2) is 26.4 Å².